The standard InChI is InChI=1S/C17H19N3O3.C5H9NO/c1-20-10-12-6-7-18-16(15(12)17(20)21)19-9-11-4-5-13(22-2)8-14(11)23-3;1-6-4-2-3-5(6)7/h4-8H,9-10H2,1-3H3,(H,18,19);2-4H2,1H3. The largest absolute Gasteiger partial charge is 0.497 e. The second kappa shape index (κ2) is 9.47. The monoisotopic (exact) mass is 412 g/mol. The van der Waals surface area contributed by atoms with E-state index in [9.17, 15) is 9.59 Å². The van der Waals surface area contributed by atoms with E-state index in [0.29, 0.717) is 30.4 Å². The van der Waals surface area contributed by atoms with Crippen molar-refractivity contribution in [2.45, 2.75) is 25.9 Å². The molecular formula is C22H28N4O4. The van der Waals surface area contributed by atoms with Crippen molar-refractivity contribution in [3.8, 4) is 11.5 Å². The van der Waals surface area contributed by atoms with Gasteiger partial charge in [-0.3, -0.25) is 9.59 Å². The Morgan fingerprint density at radius 2 is 1.90 bits per heavy atom. The van der Waals surface area contributed by atoms with Gasteiger partial charge in [-0.25, -0.2) is 4.98 Å². The predicted octanol–water partition coefficient (Wildman–Crippen LogP) is 2.54. The van der Waals surface area contributed by atoms with E-state index < -0.39 is 0 Å². The highest BCUT2D eigenvalue weighted by Gasteiger charge is 2.28. The van der Waals surface area contributed by atoms with E-state index in [1.54, 1.807) is 37.3 Å². The Balaban J connectivity index is 0.000000310. The molecule has 2 amide bonds. The maximum absolute atomic E-state index is 12.2. The van der Waals surface area contributed by atoms with Crippen molar-refractivity contribution in [2.24, 2.45) is 0 Å². The van der Waals surface area contributed by atoms with Crippen molar-refractivity contribution in [1.29, 1.82) is 0 Å². The Labute approximate surface area is 176 Å². The summed E-state index contributed by atoms with van der Waals surface area (Å²) in [6.07, 6.45) is 3.53. The van der Waals surface area contributed by atoms with Crippen LogP contribution < -0.4 is 14.8 Å². The third kappa shape index (κ3) is 4.64. The number of amides is 2. The lowest BCUT2D eigenvalue weighted by Crippen LogP contribution is -2.18. The van der Waals surface area contributed by atoms with E-state index in [0.717, 1.165) is 42.0 Å². The average molecular weight is 412 g/mol. The van der Waals surface area contributed by atoms with Crippen LogP contribution in [0.1, 0.15) is 34.3 Å². The number of nitrogens with one attached hydrogen (secondary N) is 1. The topological polar surface area (TPSA) is 84.0 Å². The van der Waals surface area contributed by atoms with Crippen molar-refractivity contribution in [1.82, 2.24) is 14.8 Å². The fraction of sp³-hybridized carbons (Fsp3) is 0.409. The summed E-state index contributed by atoms with van der Waals surface area (Å²) in [6, 6.07) is 7.53. The zero-order valence-electron chi connectivity index (χ0n) is 17.9. The number of carbonyl (C=O) groups excluding carboxylic acids is 2. The minimum Gasteiger partial charge on any atom is -0.497 e. The van der Waals surface area contributed by atoms with E-state index in [1.807, 2.05) is 31.3 Å². The van der Waals surface area contributed by atoms with E-state index in [2.05, 4.69) is 10.3 Å². The Morgan fingerprint density at radius 1 is 1.10 bits per heavy atom. The number of ether oxygens (including phenoxy) is 2. The molecule has 4 rings (SSSR count). The molecule has 1 saturated heterocycles. The van der Waals surface area contributed by atoms with E-state index in [1.165, 1.54) is 0 Å². The summed E-state index contributed by atoms with van der Waals surface area (Å²) in [5.41, 5.74) is 2.62. The van der Waals surface area contributed by atoms with Gasteiger partial charge >= 0.3 is 0 Å². The highest BCUT2D eigenvalue weighted by atomic mass is 16.5. The van der Waals surface area contributed by atoms with Gasteiger partial charge in [0.1, 0.15) is 17.3 Å². The highest BCUT2D eigenvalue weighted by Crippen LogP contribution is 2.29. The van der Waals surface area contributed by atoms with Gasteiger partial charge in [-0.1, -0.05) is 0 Å². The minimum absolute atomic E-state index is 0.00250. The summed E-state index contributed by atoms with van der Waals surface area (Å²) in [6.45, 7) is 2.09. The number of hydrogen-bond acceptors (Lipinski definition) is 6. The van der Waals surface area contributed by atoms with E-state index in [-0.39, 0.29) is 5.91 Å². The summed E-state index contributed by atoms with van der Waals surface area (Å²) < 4.78 is 10.6. The first-order chi connectivity index (χ1) is 14.4. The first-order valence-electron chi connectivity index (χ1n) is 9.86. The van der Waals surface area contributed by atoms with Crippen LogP contribution in [0.4, 0.5) is 5.82 Å². The van der Waals surface area contributed by atoms with Gasteiger partial charge in [0.25, 0.3) is 5.91 Å². The summed E-state index contributed by atoms with van der Waals surface area (Å²) in [4.78, 5) is 30.5. The molecule has 160 valence electrons. The Kier molecular flexibility index (Phi) is 6.76. The molecule has 1 aromatic heterocycles. The van der Waals surface area contributed by atoms with Crippen molar-refractivity contribution in [3.63, 3.8) is 0 Å². The SMILES string of the molecule is CN1CCCC1=O.COc1ccc(CNc2nccc3c2C(=O)N(C)C3)c(OC)c1. The molecule has 2 aliphatic heterocycles. The number of rotatable bonds is 5. The van der Waals surface area contributed by atoms with Gasteiger partial charge in [0.15, 0.2) is 0 Å². The van der Waals surface area contributed by atoms with Gasteiger partial charge in [-0.2, -0.15) is 0 Å². The first kappa shape index (κ1) is 21.4. The molecular weight excluding hydrogens is 384 g/mol. The number of anilines is 1. The molecule has 0 unspecified atom stereocenters. The Hall–Kier alpha value is -3.29. The number of benzene rings is 1. The lowest BCUT2D eigenvalue weighted by molar-refractivity contribution is -0.126. The van der Waals surface area contributed by atoms with Crippen LogP contribution in [0.25, 0.3) is 0 Å². The second-order valence-corrected chi connectivity index (χ2v) is 7.31. The number of methoxy groups -OCH3 is 2. The average Bonchev–Trinajstić information content (AvgIpc) is 3.28. The van der Waals surface area contributed by atoms with Crippen LogP contribution in [0.2, 0.25) is 0 Å². The normalized spacial score (nSPS) is 14.9. The van der Waals surface area contributed by atoms with Gasteiger partial charge in [0.2, 0.25) is 5.91 Å². The molecule has 0 saturated carbocycles. The van der Waals surface area contributed by atoms with E-state index in [4.69, 9.17) is 9.47 Å². The predicted molar refractivity (Wildman–Crippen MR) is 114 cm³/mol. The maximum atomic E-state index is 12.2. The third-order valence-electron chi connectivity index (χ3n) is 5.26. The molecule has 0 radical (unpaired) electrons. The lowest BCUT2D eigenvalue weighted by Gasteiger charge is -2.13. The molecule has 2 aliphatic rings. The van der Waals surface area contributed by atoms with Gasteiger partial charge in [0, 0.05) is 58.0 Å². The first-order valence-corrected chi connectivity index (χ1v) is 9.86. The van der Waals surface area contributed by atoms with Gasteiger partial charge in [-0.05, 0) is 30.2 Å². The van der Waals surface area contributed by atoms with Gasteiger partial charge in [0.05, 0.1) is 19.8 Å². The van der Waals surface area contributed by atoms with Crippen LogP contribution in [-0.4, -0.2) is 61.5 Å². The second-order valence-electron chi connectivity index (χ2n) is 7.31. The number of nitrogens with zero attached hydrogens (tertiary/aromatic N) is 3. The molecule has 0 atom stereocenters. The Bertz CT molecular complexity index is 931. The van der Waals surface area contributed by atoms with Crippen LogP contribution in [0.3, 0.4) is 0 Å². The smallest absolute Gasteiger partial charge is 0.257 e. The molecule has 1 aromatic carbocycles. The quantitative estimate of drug-likeness (QED) is 0.813. The lowest BCUT2D eigenvalue weighted by atomic mass is 10.1. The van der Waals surface area contributed by atoms with Crippen molar-refractivity contribution >= 4 is 17.6 Å². The fourth-order valence-electron chi connectivity index (χ4n) is 3.48. The number of fused-ring (bicyclic) bond motifs is 1. The minimum atomic E-state index is -0.00250. The van der Waals surface area contributed by atoms with Crippen LogP contribution in [0.15, 0.2) is 30.5 Å². The van der Waals surface area contributed by atoms with Gasteiger partial charge in [-0.15, -0.1) is 0 Å². The molecule has 1 N–H and O–H groups in total. The number of pyridine rings is 1. The maximum Gasteiger partial charge on any atom is 0.257 e. The molecule has 8 nitrogen and oxygen atoms in total. The summed E-state index contributed by atoms with van der Waals surface area (Å²) in [5.74, 6) is 2.36. The van der Waals surface area contributed by atoms with Crippen molar-refractivity contribution in [3.05, 3.63) is 47.2 Å². The number of likely N-dealkylation sites (tertiary alicyclic amines) is 1. The van der Waals surface area contributed by atoms with Crippen LogP contribution in [-0.2, 0) is 17.9 Å². The molecule has 0 spiro atoms. The van der Waals surface area contributed by atoms with Crippen LogP contribution in [0, 0.1) is 0 Å². The molecule has 30 heavy (non-hydrogen) atoms. The summed E-state index contributed by atoms with van der Waals surface area (Å²) in [7, 11) is 6.87. The summed E-state index contributed by atoms with van der Waals surface area (Å²) >= 11 is 0. The molecule has 0 aliphatic carbocycles. The zero-order valence-corrected chi connectivity index (χ0v) is 17.9. The van der Waals surface area contributed by atoms with Crippen molar-refractivity contribution in [2.75, 3.05) is 40.2 Å². The molecule has 8 heteroatoms. The highest BCUT2D eigenvalue weighted by molar-refractivity contribution is 6.02. The van der Waals surface area contributed by atoms with E-state index >= 15 is 0 Å². The van der Waals surface area contributed by atoms with Crippen LogP contribution >= 0.6 is 0 Å². The number of carbonyl (C=O) groups is 2. The fourth-order valence-corrected chi connectivity index (χ4v) is 3.48. The number of aromatic nitrogens is 1. The third-order valence-corrected chi connectivity index (χ3v) is 5.26. The molecule has 1 fully saturated rings. The molecule has 3 heterocycles. The molecule has 2 aromatic rings. The van der Waals surface area contributed by atoms with Crippen LogP contribution in [0.5, 0.6) is 11.5 Å². The molecule has 0 bridgehead atoms. The zero-order chi connectivity index (χ0) is 21.7. The Morgan fingerprint density at radius 3 is 2.50 bits per heavy atom. The van der Waals surface area contributed by atoms with Gasteiger partial charge < -0.3 is 24.6 Å². The number of hydrogen-bond donors (Lipinski definition) is 1. The van der Waals surface area contributed by atoms with Crippen molar-refractivity contribution < 1.29 is 19.1 Å². The summed E-state index contributed by atoms with van der Waals surface area (Å²) in [5, 5.41) is 3.25.